The van der Waals surface area contributed by atoms with Crippen LogP contribution in [0.3, 0.4) is 0 Å². The van der Waals surface area contributed by atoms with Gasteiger partial charge in [-0.25, -0.2) is 4.79 Å². The second-order valence-electron chi connectivity index (χ2n) is 15.6. The zero-order valence-corrected chi connectivity index (χ0v) is 36.7. The predicted molar refractivity (Wildman–Crippen MR) is 218 cm³/mol. The molecule has 0 bridgehead atoms. The lowest BCUT2D eigenvalue weighted by molar-refractivity contribution is -0.364. The van der Waals surface area contributed by atoms with Crippen molar-refractivity contribution in [2.45, 2.75) is 133 Å². The predicted octanol–water partition coefficient (Wildman–Crippen LogP) is -1.61. The SMILES string of the molecule is CC(=O)Oc1ccc(CCOC2OC(COC3OC(CO)C(O)C(O)C3O)C(OC(=O)C=Cc3ccc(O)c(O)c3)C(OC3OC(C)C(O)C(O)C3OC(C)=O)C2OC(C)=O)cc1OC(C)=O. The average molecular weight is 955 g/mol. The highest BCUT2D eigenvalue weighted by Crippen LogP contribution is 2.36. The Hall–Kier alpha value is -5.35. The summed E-state index contributed by atoms with van der Waals surface area (Å²) in [7, 11) is 0. The molecule has 2 aromatic carbocycles. The molecule has 3 saturated heterocycles. The van der Waals surface area contributed by atoms with Crippen LogP contribution in [0.15, 0.2) is 42.5 Å². The number of aliphatic hydroxyl groups is 6. The van der Waals surface area contributed by atoms with E-state index in [0.717, 1.165) is 45.9 Å². The monoisotopic (exact) mass is 954 g/mol. The number of aromatic hydroxyl groups is 2. The molecule has 370 valence electrons. The summed E-state index contributed by atoms with van der Waals surface area (Å²) in [5.41, 5.74) is 0.681. The summed E-state index contributed by atoms with van der Waals surface area (Å²) in [6, 6.07) is 7.94. The van der Waals surface area contributed by atoms with E-state index in [-0.39, 0.29) is 30.1 Å². The van der Waals surface area contributed by atoms with Crippen LogP contribution < -0.4 is 9.47 Å². The van der Waals surface area contributed by atoms with Crippen LogP contribution in [0.25, 0.3) is 6.08 Å². The summed E-state index contributed by atoms with van der Waals surface area (Å²) >= 11 is 0. The van der Waals surface area contributed by atoms with Gasteiger partial charge in [0.05, 0.1) is 25.9 Å². The largest absolute Gasteiger partial charge is 0.504 e. The maximum absolute atomic E-state index is 13.7. The molecule has 67 heavy (non-hydrogen) atoms. The third kappa shape index (κ3) is 13.9. The fourth-order valence-electron chi connectivity index (χ4n) is 7.20. The van der Waals surface area contributed by atoms with Crippen LogP contribution in [0, 0.1) is 0 Å². The van der Waals surface area contributed by atoms with Crippen molar-refractivity contribution in [3.05, 3.63) is 53.6 Å². The molecule has 15 atom stereocenters. The maximum Gasteiger partial charge on any atom is 0.331 e. The molecule has 24 heteroatoms. The van der Waals surface area contributed by atoms with Crippen molar-refractivity contribution < 1.29 is 117 Å². The number of aliphatic hydroxyl groups excluding tert-OH is 6. The van der Waals surface area contributed by atoms with Crippen molar-refractivity contribution in [2.75, 3.05) is 19.8 Å². The van der Waals surface area contributed by atoms with Gasteiger partial charge in [-0.1, -0.05) is 12.1 Å². The van der Waals surface area contributed by atoms with Crippen LogP contribution >= 0.6 is 0 Å². The number of hydrogen-bond acceptors (Lipinski definition) is 24. The minimum Gasteiger partial charge on any atom is -0.504 e. The van der Waals surface area contributed by atoms with Gasteiger partial charge in [0.1, 0.15) is 48.8 Å². The highest BCUT2D eigenvalue weighted by Gasteiger charge is 2.56. The van der Waals surface area contributed by atoms with Gasteiger partial charge in [-0.15, -0.1) is 0 Å². The van der Waals surface area contributed by atoms with Crippen LogP contribution in [0.2, 0.25) is 0 Å². The van der Waals surface area contributed by atoms with Crippen LogP contribution in [0.4, 0.5) is 0 Å². The van der Waals surface area contributed by atoms with E-state index >= 15 is 0 Å². The first-order valence-electron chi connectivity index (χ1n) is 20.8. The zero-order valence-electron chi connectivity index (χ0n) is 36.7. The van der Waals surface area contributed by atoms with Crippen molar-refractivity contribution in [3.63, 3.8) is 0 Å². The number of benzene rings is 2. The van der Waals surface area contributed by atoms with E-state index in [1.807, 2.05) is 0 Å². The third-order valence-corrected chi connectivity index (χ3v) is 10.4. The molecule has 0 aliphatic carbocycles. The Kier molecular flexibility index (Phi) is 18.5. The lowest BCUT2D eigenvalue weighted by atomic mass is 9.96. The van der Waals surface area contributed by atoms with Gasteiger partial charge in [0.25, 0.3) is 0 Å². The minimum absolute atomic E-state index is 0.0106. The molecule has 2 aromatic rings. The molecule has 3 aliphatic heterocycles. The van der Waals surface area contributed by atoms with E-state index in [4.69, 9.17) is 52.1 Å². The average Bonchev–Trinajstić information content (AvgIpc) is 3.25. The Bertz CT molecular complexity index is 2070. The molecule has 24 nitrogen and oxygen atoms in total. The number of ether oxygens (including phenoxy) is 11. The maximum atomic E-state index is 13.7. The molecule has 3 aliphatic rings. The van der Waals surface area contributed by atoms with E-state index in [1.165, 1.54) is 37.3 Å². The van der Waals surface area contributed by atoms with Crippen molar-refractivity contribution >= 4 is 35.9 Å². The summed E-state index contributed by atoms with van der Waals surface area (Å²) in [6.45, 7) is 3.81. The number of phenolic OH excluding ortho intramolecular Hbond substituents is 2. The summed E-state index contributed by atoms with van der Waals surface area (Å²) in [4.78, 5) is 62.4. The van der Waals surface area contributed by atoms with E-state index in [1.54, 1.807) is 0 Å². The molecule has 5 rings (SSSR count). The number of carbonyl (C=O) groups is 5. The van der Waals surface area contributed by atoms with Gasteiger partial charge in [-0.2, -0.15) is 0 Å². The second-order valence-corrected chi connectivity index (χ2v) is 15.6. The van der Waals surface area contributed by atoms with Crippen molar-refractivity contribution in [2.24, 2.45) is 0 Å². The molecule has 8 N–H and O–H groups in total. The lowest BCUT2D eigenvalue weighted by Crippen LogP contribution is -2.66. The van der Waals surface area contributed by atoms with Crippen molar-refractivity contribution in [3.8, 4) is 23.0 Å². The molecule has 0 saturated carbocycles. The number of hydrogen-bond donors (Lipinski definition) is 8. The Morgan fingerprint density at radius 3 is 1.91 bits per heavy atom. The quantitative estimate of drug-likeness (QED) is 0.0291. The van der Waals surface area contributed by atoms with Crippen LogP contribution in [0.5, 0.6) is 23.0 Å². The minimum atomic E-state index is -1.92. The third-order valence-electron chi connectivity index (χ3n) is 10.4. The molecule has 3 heterocycles. The molecular weight excluding hydrogens is 900 g/mol. The molecular formula is C43H54O24. The van der Waals surface area contributed by atoms with Gasteiger partial charge in [0.15, 0.2) is 60.2 Å². The highest BCUT2D eigenvalue weighted by atomic mass is 16.8. The van der Waals surface area contributed by atoms with Gasteiger partial charge in [-0.05, 0) is 54.8 Å². The van der Waals surface area contributed by atoms with E-state index in [9.17, 15) is 64.8 Å². The first-order chi connectivity index (χ1) is 31.7. The van der Waals surface area contributed by atoms with Gasteiger partial charge in [0, 0.05) is 33.8 Å². The van der Waals surface area contributed by atoms with Gasteiger partial charge >= 0.3 is 29.8 Å². The molecule has 0 radical (unpaired) electrons. The van der Waals surface area contributed by atoms with Crippen LogP contribution in [-0.2, 0) is 73.0 Å². The normalized spacial score (nSPS) is 32.0. The van der Waals surface area contributed by atoms with Crippen molar-refractivity contribution in [1.29, 1.82) is 0 Å². The number of phenols is 2. The zero-order chi connectivity index (χ0) is 49.3. The summed E-state index contributed by atoms with van der Waals surface area (Å²) < 4.78 is 63.2. The smallest absolute Gasteiger partial charge is 0.331 e. The van der Waals surface area contributed by atoms with Crippen LogP contribution in [-0.4, -0.2) is 183 Å². The van der Waals surface area contributed by atoms with Gasteiger partial charge in [0.2, 0.25) is 0 Å². The Morgan fingerprint density at radius 2 is 1.27 bits per heavy atom. The van der Waals surface area contributed by atoms with Crippen molar-refractivity contribution in [1.82, 2.24) is 0 Å². The fourth-order valence-corrected chi connectivity index (χ4v) is 7.20. The Balaban J connectivity index is 1.55. The van der Waals surface area contributed by atoms with Crippen LogP contribution in [0.1, 0.15) is 45.7 Å². The topological polar surface area (TPSA) is 349 Å². The summed E-state index contributed by atoms with van der Waals surface area (Å²) in [5.74, 6) is -5.54. The van der Waals surface area contributed by atoms with E-state index < -0.39 is 147 Å². The Labute approximate surface area is 382 Å². The first-order valence-corrected chi connectivity index (χ1v) is 20.8. The molecule has 0 spiro atoms. The van der Waals surface area contributed by atoms with E-state index in [0.29, 0.717) is 5.56 Å². The molecule has 0 aromatic heterocycles. The summed E-state index contributed by atoms with van der Waals surface area (Å²) in [6.07, 6.45) is -23.5. The second kappa shape index (κ2) is 23.6. The van der Waals surface area contributed by atoms with Gasteiger partial charge in [-0.3, -0.25) is 19.2 Å². The standard InChI is InChI=1S/C43H54O24/c1-18-32(52)35(55)38(62-21(4)47)43(59-18)67-39-37(66-31(51)11-8-23-6-9-25(49)26(50)14-23)30(17-58-41-36(56)34(54)33(53)29(16-44)64-41)65-42(40(39)63-22(5)48)57-13-12-24-7-10-27(60-19(2)45)28(15-24)61-20(3)46/h6-11,14-15,18,29-30,32-44,49-50,52-56H,12-13,16-17H2,1-5H3. The number of rotatable bonds is 17. The number of carbonyl (C=O) groups excluding carboxylic acids is 5. The molecule has 3 fully saturated rings. The Morgan fingerprint density at radius 1 is 0.612 bits per heavy atom. The van der Waals surface area contributed by atoms with Gasteiger partial charge < -0.3 is 93.0 Å². The molecule has 15 unspecified atom stereocenters. The number of esters is 5. The molecule has 0 amide bonds. The van der Waals surface area contributed by atoms with E-state index in [2.05, 4.69) is 0 Å². The first kappa shape index (κ1) is 52.6. The summed E-state index contributed by atoms with van der Waals surface area (Å²) in [5, 5.41) is 82.9. The fraction of sp³-hybridized carbons (Fsp3) is 0.558. The highest BCUT2D eigenvalue weighted by molar-refractivity contribution is 5.87. The lowest BCUT2D eigenvalue weighted by Gasteiger charge is -2.48.